The van der Waals surface area contributed by atoms with Gasteiger partial charge in [0.15, 0.2) is 0 Å². The van der Waals surface area contributed by atoms with Crippen molar-refractivity contribution in [2.24, 2.45) is 0 Å². The molecule has 2 aliphatic heterocycles. The molecule has 2 fully saturated rings. The lowest BCUT2D eigenvalue weighted by Crippen LogP contribution is -2.53. The van der Waals surface area contributed by atoms with Crippen LogP contribution in [0.25, 0.3) is 0 Å². The summed E-state index contributed by atoms with van der Waals surface area (Å²) < 4.78 is 5.27. The Morgan fingerprint density at radius 2 is 2.25 bits per heavy atom. The maximum absolute atomic E-state index is 12.2. The Labute approximate surface area is 123 Å². The van der Waals surface area contributed by atoms with Crippen molar-refractivity contribution in [1.82, 2.24) is 10.2 Å². The number of nitrogens with one attached hydrogen (secondary N) is 1. The molecule has 0 radical (unpaired) electrons. The molecule has 6 nitrogen and oxygen atoms in total. The summed E-state index contributed by atoms with van der Waals surface area (Å²) in [7, 11) is 0. The number of ether oxygens (including phenoxy) is 1. The van der Waals surface area contributed by atoms with Crippen LogP contribution in [0.2, 0.25) is 0 Å². The van der Waals surface area contributed by atoms with Gasteiger partial charge in [-0.1, -0.05) is 6.42 Å². The lowest BCUT2D eigenvalue weighted by Gasteiger charge is -2.35. The fourth-order valence-electron chi connectivity index (χ4n) is 2.56. The van der Waals surface area contributed by atoms with E-state index in [0.29, 0.717) is 31.6 Å². The Morgan fingerprint density at radius 3 is 2.95 bits per heavy atom. The first-order valence-corrected chi connectivity index (χ1v) is 8.17. The second-order valence-corrected chi connectivity index (χ2v) is 6.60. The molecule has 0 aromatic carbocycles. The summed E-state index contributed by atoms with van der Waals surface area (Å²) in [5.41, 5.74) is 0. The van der Waals surface area contributed by atoms with E-state index in [-0.39, 0.29) is 18.5 Å². The fourth-order valence-corrected chi connectivity index (χ4v) is 3.80. The van der Waals surface area contributed by atoms with Crippen LogP contribution in [0.3, 0.4) is 0 Å². The molecule has 2 saturated heterocycles. The second kappa shape index (κ2) is 7.73. The first kappa shape index (κ1) is 15.4. The van der Waals surface area contributed by atoms with E-state index in [0.717, 1.165) is 6.42 Å². The minimum atomic E-state index is -0.902. The first-order chi connectivity index (χ1) is 9.66. The van der Waals surface area contributed by atoms with Gasteiger partial charge in [0.2, 0.25) is 0 Å². The Kier molecular flexibility index (Phi) is 5.97. The number of carboxylic acids is 1. The van der Waals surface area contributed by atoms with E-state index in [2.05, 4.69) is 5.32 Å². The number of aliphatic carboxylic acids is 1. The predicted octanol–water partition coefficient (Wildman–Crippen LogP) is 1.16. The highest BCUT2D eigenvalue weighted by atomic mass is 32.2. The molecule has 2 aliphatic rings. The maximum atomic E-state index is 12.2. The molecule has 0 aromatic heterocycles. The highest BCUT2D eigenvalue weighted by Gasteiger charge is 2.29. The van der Waals surface area contributed by atoms with E-state index in [1.54, 1.807) is 4.90 Å². The highest BCUT2D eigenvalue weighted by Crippen LogP contribution is 2.24. The molecule has 2 rings (SSSR count). The fraction of sp³-hybridized carbons (Fsp3) is 0.846. The van der Waals surface area contributed by atoms with Crippen molar-refractivity contribution in [1.29, 1.82) is 0 Å². The summed E-state index contributed by atoms with van der Waals surface area (Å²) in [6.07, 6.45) is 3.57. The monoisotopic (exact) mass is 302 g/mol. The van der Waals surface area contributed by atoms with E-state index >= 15 is 0 Å². The number of rotatable bonds is 4. The number of hydrogen-bond donors (Lipinski definition) is 2. The molecule has 2 N–H and O–H groups in total. The number of thioether (sulfide) groups is 1. The lowest BCUT2D eigenvalue weighted by molar-refractivity contribution is -0.139. The normalized spacial score (nSPS) is 27.1. The molecule has 0 spiro atoms. The number of nitrogens with zero attached hydrogens (tertiary/aromatic N) is 1. The van der Waals surface area contributed by atoms with Crippen molar-refractivity contribution in [3.05, 3.63) is 0 Å². The molecule has 0 aliphatic carbocycles. The number of urea groups is 1. The van der Waals surface area contributed by atoms with Crippen molar-refractivity contribution in [2.45, 2.75) is 37.0 Å². The van der Waals surface area contributed by atoms with Gasteiger partial charge in [-0.3, -0.25) is 4.79 Å². The van der Waals surface area contributed by atoms with E-state index < -0.39 is 5.97 Å². The Bertz CT molecular complexity index is 347. The highest BCUT2D eigenvalue weighted by molar-refractivity contribution is 7.99. The lowest BCUT2D eigenvalue weighted by atomic mass is 10.1. The molecule has 0 bridgehead atoms. The zero-order valence-corrected chi connectivity index (χ0v) is 12.4. The van der Waals surface area contributed by atoms with Crippen LogP contribution < -0.4 is 5.32 Å². The summed E-state index contributed by atoms with van der Waals surface area (Å²) in [5, 5.41) is 12.3. The van der Waals surface area contributed by atoms with Crippen LogP contribution in [-0.2, 0) is 9.53 Å². The number of amides is 2. The number of morpholine rings is 1. The zero-order valence-electron chi connectivity index (χ0n) is 11.5. The molecule has 2 unspecified atom stereocenters. The zero-order chi connectivity index (χ0) is 14.4. The third kappa shape index (κ3) is 4.56. The van der Waals surface area contributed by atoms with Gasteiger partial charge < -0.3 is 20.1 Å². The molecule has 0 aromatic rings. The standard InChI is InChI=1S/C13H22N2O4S/c16-12(17)7-10-9-19-5-4-15(10)13(18)14-8-11-3-1-2-6-20-11/h10-11H,1-9H2,(H,14,18)(H,16,17). The summed E-state index contributed by atoms with van der Waals surface area (Å²) in [6, 6.07) is -0.522. The van der Waals surface area contributed by atoms with Crippen LogP contribution in [-0.4, -0.2) is 65.4 Å². The number of hydrogen-bond acceptors (Lipinski definition) is 4. The van der Waals surface area contributed by atoms with E-state index in [9.17, 15) is 9.59 Å². The van der Waals surface area contributed by atoms with Crippen LogP contribution in [0, 0.1) is 0 Å². The van der Waals surface area contributed by atoms with Gasteiger partial charge >= 0.3 is 12.0 Å². The van der Waals surface area contributed by atoms with Gasteiger partial charge in [-0.25, -0.2) is 4.79 Å². The third-order valence-electron chi connectivity index (χ3n) is 3.65. The van der Waals surface area contributed by atoms with Gasteiger partial charge in [0.05, 0.1) is 25.7 Å². The molecule has 7 heteroatoms. The van der Waals surface area contributed by atoms with Gasteiger partial charge in [0, 0.05) is 18.3 Å². The molecule has 0 saturated carbocycles. The molecule has 2 atom stereocenters. The summed E-state index contributed by atoms with van der Waals surface area (Å²) >= 11 is 1.91. The minimum Gasteiger partial charge on any atom is -0.481 e. The molecule has 2 amide bonds. The largest absolute Gasteiger partial charge is 0.481 e. The van der Waals surface area contributed by atoms with Crippen LogP contribution in [0.4, 0.5) is 4.79 Å². The SMILES string of the molecule is O=C(O)CC1COCCN1C(=O)NCC1CCCCS1. The number of carbonyl (C=O) groups is 2. The van der Waals surface area contributed by atoms with Gasteiger partial charge in [0.1, 0.15) is 0 Å². The topological polar surface area (TPSA) is 78.9 Å². The van der Waals surface area contributed by atoms with Crippen LogP contribution >= 0.6 is 11.8 Å². The third-order valence-corrected chi connectivity index (χ3v) is 5.05. The van der Waals surface area contributed by atoms with Gasteiger partial charge in [-0.2, -0.15) is 11.8 Å². The van der Waals surface area contributed by atoms with Crippen molar-refractivity contribution >= 4 is 23.8 Å². The van der Waals surface area contributed by atoms with Crippen molar-refractivity contribution < 1.29 is 19.4 Å². The summed E-state index contributed by atoms with van der Waals surface area (Å²) in [5.74, 6) is 0.265. The first-order valence-electron chi connectivity index (χ1n) is 7.12. The molecule has 114 valence electrons. The second-order valence-electron chi connectivity index (χ2n) is 5.19. The minimum absolute atomic E-state index is 0.0639. The Hall–Kier alpha value is -0.950. The number of carbonyl (C=O) groups excluding carboxylic acids is 1. The van der Waals surface area contributed by atoms with Crippen molar-refractivity contribution in [3.8, 4) is 0 Å². The average molecular weight is 302 g/mol. The average Bonchev–Trinajstić information content (AvgIpc) is 2.46. The maximum Gasteiger partial charge on any atom is 0.317 e. The predicted molar refractivity (Wildman–Crippen MR) is 77.1 cm³/mol. The van der Waals surface area contributed by atoms with Gasteiger partial charge in [-0.05, 0) is 18.6 Å². The van der Waals surface area contributed by atoms with E-state index in [4.69, 9.17) is 9.84 Å². The van der Waals surface area contributed by atoms with Gasteiger partial charge in [0.25, 0.3) is 0 Å². The summed E-state index contributed by atoms with van der Waals surface area (Å²) in [4.78, 5) is 24.6. The quantitative estimate of drug-likeness (QED) is 0.814. The van der Waals surface area contributed by atoms with Gasteiger partial charge in [-0.15, -0.1) is 0 Å². The van der Waals surface area contributed by atoms with E-state index in [1.165, 1.54) is 18.6 Å². The van der Waals surface area contributed by atoms with Crippen LogP contribution in [0.15, 0.2) is 0 Å². The van der Waals surface area contributed by atoms with Crippen molar-refractivity contribution in [2.75, 3.05) is 32.1 Å². The van der Waals surface area contributed by atoms with E-state index in [1.807, 2.05) is 11.8 Å². The molecule has 2 heterocycles. The van der Waals surface area contributed by atoms with Crippen LogP contribution in [0.5, 0.6) is 0 Å². The van der Waals surface area contributed by atoms with Crippen LogP contribution in [0.1, 0.15) is 25.7 Å². The number of carboxylic acid groups (broad SMARTS) is 1. The molecular formula is C13H22N2O4S. The molecular weight excluding hydrogens is 280 g/mol. The Morgan fingerprint density at radius 1 is 1.40 bits per heavy atom. The summed E-state index contributed by atoms with van der Waals surface area (Å²) in [6.45, 7) is 1.90. The Balaban J connectivity index is 1.80. The van der Waals surface area contributed by atoms with Crippen molar-refractivity contribution in [3.63, 3.8) is 0 Å². The smallest absolute Gasteiger partial charge is 0.317 e. The molecule has 20 heavy (non-hydrogen) atoms.